The number of hydrogen-bond donors (Lipinski definition) is 1. The van der Waals surface area contributed by atoms with Gasteiger partial charge in [0, 0.05) is 16.5 Å². The highest BCUT2D eigenvalue weighted by atomic mass is 32.1. The van der Waals surface area contributed by atoms with Gasteiger partial charge >= 0.3 is 6.15 Å². The number of fused-ring (bicyclic) bond motifs is 1. The second-order valence-electron chi connectivity index (χ2n) is 2.44. The van der Waals surface area contributed by atoms with E-state index in [2.05, 4.69) is 17.6 Å². The van der Waals surface area contributed by atoms with Gasteiger partial charge in [-0.3, -0.25) is 4.98 Å². The van der Waals surface area contributed by atoms with Gasteiger partial charge in [0.2, 0.25) is 0 Å². The van der Waals surface area contributed by atoms with Gasteiger partial charge in [-0.1, -0.05) is 18.2 Å². The van der Waals surface area contributed by atoms with E-state index in [1.807, 2.05) is 30.3 Å². The van der Waals surface area contributed by atoms with Gasteiger partial charge in [0.25, 0.3) is 0 Å². The van der Waals surface area contributed by atoms with Crippen LogP contribution in [0.3, 0.4) is 0 Å². The quantitative estimate of drug-likeness (QED) is 0.668. The molecule has 0 aliphatic heterocycles. The van der Waals surface area contributed by atoms with Crippen molar-refractivity contribution in [3.8, 4) is 0 Å². The Labute approximate surface area is 86.2 Å². The Morgan fingerprint density at radius 1 is 1.14 bits per heavy atom. The molecule has 0 spiro atoms. The Morgan fingerprint density at radius 2 is 1.79 bits per heavy atom. The van der Waals surface area contributed by atoms with Gasteiger partial charge in [0.15, 0.2) is 0 Å². The highest BCUT2D eigenvalue weighted by Crippen LogP contribution is 2.18. The van der Waals surface area contributed by atoms with Crippen LogP contribution in [0.2, 0.25) is 0 Å². The number of pyridine rings is 1. The van der Waals surface area contributed by atoms with Crippen LogP contribution >= 0.6 is 12.6 Å². The monoisotopic (exact) mass is 205 g/mol. The molecule has 1 heterocycles. The number of carbonyl (C=O) groups excluding carboxylic acids is 2. The third kappa shape index (κ3) is 2.42. The predicted molar refractivity (Wildman–Crippen MR) is 54.0 cm³/mol. The fourth-order valence-electron chi connectivity index (χ4n) is 1.09. The maximum Gasteiger partial charge on any atom is 0.373 e. The van der Waals surface area contributed by atoms with Crippen molar-refractivity contribution >= 4 is 29.7 Å². The van der Waals surface area contributed by atoms with E-state index in [4.69, 9.17) is 9.59 Å². The molecule has 0 aliphatic carbocycles. The molecule has 70 valence electrons. The lowest BCUT2D eigenvalue weighted by atomic mass is 10.2. The first-order valence-corrected chi connectivity index (χ1v) is 4.26. The molecule has 0 saturated heterocycles. The summed E-state index contributed by atoms with van der Waals surface area (Å²) in [6, 6.07) is 9.91. The maximum atomic E-state index is 8.12. The van der Waals surface area contributed by atoms with E-state index in [0.717, 1.165) is 15.8 Å². The summed E-state index contributed by atoms with van der Waals surface area (Å²) < 4.78 is 0. The average Bonchev–Trinajstić information content (AvgIpc) is 2.20. The Morgan fingerprint density at radius 3 is 2.43 bits per heavy atom. The Bertz CT molecular complexity index is 459. The van der Waals surface area contributed by atoms with Crippen molar-refractivity contribution < 1.29 is 9.59 Å². The Balaban J connectivity index is 0.000000293. The van der Waals surface area contributed by atoms with Gasteiger partial charge in [-0.05, 0) is 12.1 Å². The zero-order chi connectivity index (χ0) is 10.4. The summed E-state index contributed by atoms with van der Waals surface area (Å²) >= 11 is 4.29. The van der Waals surface area contributed by atoms with Crippen LogP contribution in [0.25, 0.3) is 10.9 Å². The van der Waals surface area contributed by atoms with Crippen LogP contribution in [0, 0.1) is 0 Å². The summed E-state index contributed by atoms with van der Waals surface area (Å²) in [7, 11) is 0. The van der Waals surface area contributed by atoms with Crippen molar-refractivity contribution in [1.82, 2.24) is 4.98 Å². The minimum Gasteiger partial charge on any atom is -0.255 e. The smallest absolute Gasteiger partial charge is 0.255 e. The van der Waals surface area contributed by atoms with Gasteiger partial charge in [0.05, 0.1) is 5.52 Å². The van der Waals surface area contributed by atoms with E-state index < -0.39 is 0 Å². The van der Waals surface area contributed by atoms with E-state index in [1.165, 1.54) is 0 Å². The molecule has 0 aliphatic rings. The molecule has 2 rings (SSSR count). The van der Waals surface area contributed by atoms with Gasteiger partial charge in [0.1, 0.15) is 0 Å². The fourth-order valence-corrected chi connectivity index (χ4v) is 1.36. The summed E-state index contributed by atoms with van der Waals surface area (Å²) in [5.41, 5.74) is 0.971. The van der Waals surface area contributed by atoms with Crippen LogP contribution in [0.1, 0.15) is 0 Å². The fraction of sp³-hybridized carbons (Fsp3) is 0. The minimum atomic E-state index is 0.250. The largest absolute Gasteiger partial charge is 0.373 e. The minimum absolute atomic E-state index is 0.250. The molecule has 0 radical (unpaired) electrons. The van der Waals surface area contributed by atoms with Crippen molar-refractivity contribution in [2.75, 3.05) is 0 Å². The molecule has 0 bridgehead atoms. The highest BCUT2D eigenvalue weighted by molar-refractivity contribution is 7.80. The number of hydrogen-bond acceptors (Lipinski definition) is 4. The lowest BCUT2D eigenvalue weighted by Crippen LogP contribution is -1.77. The molecule has 0 N–H and O–H groups in total. The normalized spacial score (nSPS) is 8.64. The SMILES string of the molecule is O=C=O.Sc1cccc2cccnc12. The van der Waals surface area contributed by atoms with Crippen molar-refractivity contribution in [2.45, 2.75) is 4.90 Å². The van der Waals surface area contributed by atoms with E-state index in [-0.39, 0.29) is 6.15 Å². The van der Waals surface area contributed by atoms with Crippen LogP contribution in [0.5, 0.6) is 0 Å². The second-order valence-corrected chi connectivity index (χ2v) is 2.92. The first-order valence-electron chi connectivity index (χ1n) is 3.81. The van der Waals surface area contributed by atoms with Gasteiger partial charge < -0.3 is 0 Å². The lowest BCUT2D eigenvalue weighted by Gasteiger charge is -1.97. The van der Waals surface area contributed by atoms with Crippen LogP contribution in [0.15, 0.2) is 41.4 Å². The molecule has 1 aromatic carbocycles. The summed E-state index contributed by atoms with van der Waals surface area (Å²) in [5.74, 6) is 0. The maximum absolute atomic E-state index is 8.12. The van der Waals surface area contributed by atoms with E-state index >= 15 is 0 Å². The van der Waals surface area contributed by atoms with Crippen LogP contribution in [-0.4, -0.2) is 11.1 Å². The van der Waals surface area contributed by atoms with Gasteiger partial charge in [-0.2, -0.15) is 9.59 Å². The molecule has 1 aromatic heterocycles. The molecule has 0 atom stereocenters. The standard InChI is InChI=1S/C9H7NS.CO2/c11-8-5-1-3-7-4-2-6-10-9(7)8;2-1-3/h1-6,11H;. The molecule has 3 nitrogen and oxygen atoms in total. The zero-order valence-corrected chi connectivity index (χ0v) is 8.07. The average molecular weight is 205 g/mol. The number of para-hydroxylation sites is 1. The summed E-state index contributed by atoms with van der Waals surface area (Å²) in [6.45, 7) is 0. The van der Waals surface area contributed by atoms with Crippen molar-refractivity contribution in [3.63, 3.8) is 0 Å². The molecule has 0 amide bonds. The van der Waals surface area contributed by atoms with E-state index in [1.54, 1.807) is 6.20 Å². The first kappa shape index (κ1) is 10.4. The van der Waals surface area contributed by atoms with Crippen molar-refractivity contribution in [1.29, 1.82) is 0 Å². The lowest BCUT2D eigenvalue weighted by molar-refractivity contribution is -0.191. The van der Waals surface area contributed by atoms with Gasteiger partial charge in [-0.25, -0.2) is 0 Å². The zero-order valence-electron chi connectivity index (χ0n) is 7.18. The number of nitrogens with zero attached hydrogens (tertiary/aromatic N) is 1. The molecule has 4 heteroatoms. The van der Waals surface area contributed by atoms with Crippen molar-refractivity contribution in [2.24, 2.45) is 0 Å². The highest BCUT2D eigenvalue weighted by Gasteiger charge is 1.94. The number of aromatic nitrogens is 1. The van der Waals surface area contributed by atoms with Crippen LogP contribution < -0.4 is 0 Å². The summed E-state index contributed by atoms with van der Waals surface area (Å²) in [4.78, 5) is 21.4. The van der Waals surface area contributed by atoms with Crippen LogP contribution in [-0.2, 0) is 9.59 Å². The first-order chi connectivity index (χ1) is 6.79. The molecule has 2 aromatic rings. The number of thiol groups is 1. The molecule has 14 heavy (non-hydrogen) atoms. The third-order valence-electron chi connectivity index (χ3n) is 1.61. The number of rotatable bonds is 0. The van der Waals surface area contributed by atoms with Gasteiger partial charge in [-0.15, -0.1) is 12.6 Å². The predicted octanol–water partition coefficient (Wildman–Crippen LogP) is 1.94. The molecular formula is C10H7NO2S. The third-order valence-corrected chi connectivity index (χ3v) is 1.97. The second kappa shape index (κ2) is 5.17. The van der Waals surface area contributed by atoms with E-state index in [9.17, 15) is 0 Å². The Hall–Kier alpha value is -1.64. The summed E-state index contributed by atoms with van der Waals surface area (Å²) in [5, 5.41) is 1.14. The summed E-state index contributed by atoms with van der Waals surface area (Å²) in [6.07, 6.45) is 2.03. The van der Waals surface area contributed by atoms with E-state index in [0.29, 0.717) is 0 Å². The Kier molecular flexibility index (Phi) is 3.85. The molecule has 0 unspecified atom stereocenters. The van der Waals surface area contributed by atoms with Crippen LogP contribution in [0.4, 0.5) is 0 Å². The molecule has 0 fully saturated rings. The van der Waals surface area contributed by atoms with Crippen molar-refractivity contribution in [3.05, 3.63) is 36.5 Å². The molecule has 0 saturated carbocycles. The molecular weight excluding hydrogens is 198 g/mol. The topological polar surface area (TPSA) is 47.0 Å². The number of benzene rings is 1.